The minimum atomic E-state index is -0.455. The van der Waals surface area contributed by atoms with Crippen molar-refractivity contribution < 1.29 is 23.5 Å². The third kappa shape index (κ3) is 4.11. The molecule has 3 rings (SSSR count). The number of carbonyl (C=O) groups excluding carboxylic acids is 2. The van der Waals surface area contributed by atoms with Crippen molar-refractivity contribution in [2.45, 2.75) is 65.4 Å². The number of carbonyl (C=O) groups is 2. The van der Waals surface area contributed by atoms with Crippen LogP contribution in [0.1, 0.15) is 55.7 Å². The first-order chi connectivity index (χ1) is 13.4. The summed E-state index contributed by atoms with van der Waals surface area (Å²) in [7, 11) is 0. The Morgan fingerprint density at radius 3 is 2.68 bits per heavy atom. The summed E-state index contributed by atoms with van der Waals surface area (Å²) in [4.78, 5) is 36.2. The Morgan fingerprint density at radius 1 is 1.18 bits per heavy atom. The summed E-state index contributed by atoms with van der Waals surface area (Å²) in [5.41, 5.74) is 1.98. The number of esters is 1. The van der Waals surface area contributed by atoms with Crippen LogP contribution in [-0.2, 0) is 20.7 Å². The molecule has 1 atom stereocenters. The van der Waals surface area contributed by atoms with Gasteiger partial charge < -0.3 is 13.9 Å². The third-order valence-electron chi connectivity index (χ3n) is 5.31. The lowest BCUT2D eigenvalue weighted by Crippen LogP contribution is -2.30. The number of hydrogen-bond donors (Lipinski definition) is 0. The van der Waals surface area contributed by atoms with Crippen LogP contribution in [0.15, 0.2) is 21.3 Å². The summed E-state index contributed by atoms with van der Waals surface area (Å²) in [6.07, 6.45) is 3.13. The molecule has 1 aliphatic carbocycles. The molecular formula is C22H26O6. The molecule has 0 amide bonds. The molecular weight excluding hydrogens is 360 g/mol. The highest BCUT2D eigenvalue weighted by molar-refractivity contribution is 5.87. The van der Waals surface area contributed by atoms with E-state index in [9.17, 15) is 14.4 Å². The third-order valence-corrected chi connectivity index (χ3v) is 5.31. The first-order valence-corrected chi connectivity index (χ1v) is 9.83. The summed E-state index contributed by atoms with van der Waals surface area (Å²) in [5, 5.41) is 0.804. The van der Waals surface area contributed by atoms with Gasteiger partial charge in [-0.1, -0.05) is 0 Å². The topological polar surface area (TPSA) is 82.8 Å². The lowest BCUT2D eigenvalue weighted by atomic mass is 9.96. The van der Waals surface area contributed by atoms with Crippen molar-refractivity contribution >= 4 is 22.7 Å². The highest BCUT2D eigenvalue weighted by atomic mass is 16.5. The lowest BCUT2D eigenvalue weighted by molar-refractivity contribution is -0.143. The molecule has 0 spiro atoms. The van der Waals surface area contributed by atoms with Crippen LogP contribution in [0.5, 0.6) is 5.75 Å². The van der Waals surface area contributed by atoms with Crippen molar-refractivity contribution in [3.8, 4) is 5.75 Å². The van der Waals surface area contributed by atoms with Gasteiger partial charge in [0.1, 0.15) is 11.3 Å². The van der Waals surface area contributed by atoms with Crippen molar-refractivity contribution in [2.75, 3.05) is 6.61 Å². The Balaban J connectivity index is 1.91. The number of ketones is 1. The summed E-state index contributed by atoms with van der Waals surface area (Å²) in [6, 6.07) is 3.67. The number of benzene rings is 1. The van der Waals surface area contributed by atoms with Crippen LogP contribution >= 0.6 is 0 Å². The van der Waals surface area contributed by atoms with E-state index >= 15 is 0 Å². The maximum absolute atomic E-state index is 12.5. The van der Waals surface area contributed by atoms with Crippen molar-refractivity contribution in [3.05, 3.63) is 39.2 Å². The van der Waals surface area contributed by atoms with Gasteiger partial charge in [0.2, 0.25) is 0 Å². The van der Waals surface area contributed by atoms with E-state index in [1.807, 2.05) is 26.0 Å². The van der Waals surface area contributed by atoms with Crippen LogP contribution < -0.4 is 10.4 Å². The van der Waals surface area contributed by atoms with Crippen molar-refractivity contribution in [1.82, 2.24) is 0 Å². The maximum atomic E-state index is 12.5. The molecule has 6 nitrogen and oxygen atoms in total. The Hall–Kier alpha value is -2.63. The summed E-state index contributed by atoms with van der Waals surface area (Å²) < 4.78 is 16.5. The van der Waals surface area contributed by atoms with Crippen LogP contribution in [-0.4, -0.2) is 24.5 Å². The minimum Gasteiger partial charge on any atom is -0.482 e. The number of hydrogen-bond acceptors (Lipinski definition) is 6. The van der Waals surface area contributed by atoms with Crippen molar-refractivity contribution in [2.24, 2.45) is 0 Å². The summed E-state index contributed by atoms with van der Waals surface area (Å²) in [5.74, 6) is 0.353. The molecule has 150 valence electrons. The van der Waals surface area contributed by atoms with Gasteiger partial charge in [-0.3, -0.25) is 9.59 Å². The van der Waals surface area contributed by atoms with E-state index in [1.54, 1.807) is 6.92 Å². The normalized spacial score (nSPS) is 17.0. The fraction of sp³-hybridized carbons (Fsp3) is 0.500. The van der Waals surface area contributed by atoms with E-state index in [1.165, 1.54) is 0 Å². The first-order valence-electron chi connectivity index (χ1n) is 9.83. The SMILES string of the molecule is CCOC(=O)CCc1c(C)c2ccc(O[C@@H]3CCCCC3=O)c(C)c2oc1=O. The highest BCUT2D eigenvalue weighted by Crippen LogP contribution is 2.31. The maximum Gasteiger partial charge on any atom is 0.339 e. The summed E-state index contributed by atoms with van der Waals surface area (Å²) >= 11 is 0. The molecule has 0 N–H and O–H groups in total. The van der Waals surface area contributed by atoms with Gasteiger partial charge in [-0.25, -0.2) is 4.79 Å². The summed E-state index contributed by atoms with van der Waals surface area (Å²) in [6.45, 7) is 5.74. The molecule has 1 aromatic carbocycles. The van der Waals surface area contributed by atoms with Crippen LogP contribution in [0, 0.1) is 13.8 Å². The number of rotatable bonds is 6. The zero-order valence-corrected chi connectivity index (χ0v) is 16.6. The smallest absolute Gasteiger partial charge is 0.339 e. The second kappa shape index (κ2) is 8.59. The predicted molar refractivity (Wildman–Crippen MR) is 105 cm³/mol. The van der Waals surface area contributed by atoms with Crippen molar-refractivity contribution in [1.29, 1.82) is 0 Å². The van der Waals surface area contributed by atoms with Gasteiger partial charge in [-0.2, -0.15) is 0 Å². The zero-order chi connectivity index (χ0) is 20.3. The van der Waals surface area contributed by atoms with Crippen LogP contribution in [0.2, 0.25) is 0 Å². The fourth-order valence-corrected chi connectivity index (χ4v) is 3.68. The average molecular weight is 386 g/mol. The molecule has 6 heteroatoms. The first kappa shape index (κ1) is 20.1. The second-order valence-electron chi connectivity index (χ2n) is 7.18. The van der Waals surface area contributed by atoms with E-state index in [-0.39, 0.29) is 24.6 Å². The number of ether oxygens (including phenoxy) is 2. The van der Waals surface area contributed by atoms with Gasteiger partial charge in [0.15, 0.2) is 11.9 Å². The molecule has 1 fully saturated rings. The van der Waals surface area contributed by atoms with Gasteiger partial charge in [-0.15, -0.1) is 0 Å². The molecule has 1 aliphatic rings. The molecule has 1 saturated carbocycles. The molecule has 1 heterocycles. The van der Waals surface area contributed by atoms with E-state index in [4.69, 9.17) is 13.9 Å². The monoisotopic (exact) mass is 386 g/mol. The zero-order valence-electron chi connectivity index (χ0n) is 16.6. The standard InChI is InChI=1S/C22H26O6/c1-4-26-20(24)12-10-16-13(2)15-9-11-18(14(3)21(15)28-22(16)25)27-19-8-6-5-7-17(19)23/h9,11,19H,4-8,10,12H2,1-3H3/t19-/m1/s1. The molecule has 1 aromatic heterocycles. The van der Waals surface area contributed by atoms with Crippen LogP contribution in [0.25, 0.3) is 11.0 Å². The van der Waals surface area contributed by atoms with E-state index < -0.39 is 11.7 Å². The van der Waals surface area contributed by atoms with E-state index in [2.05, 4.69) is 0 Å². The molecule has 28 heavy (non-hydrogen) atoms. The van der Waals surface area contributed by atoms with E-state index in [0.29, 0.717) is 41.9 Å². The Labute approximate surface area is 163 Å². The van der Waals surface area contributed by atoms with Gasteiger partial charge in [0, 0.05) is 29.4 Å². The molecule has 0 bridgehead atoms. The predicted octanol–water partition coefficient (Wildman–Crippen LogP) is 3.80. The molecule has 0 unspecified atom stereocenters. The number of fused-ring (bicyclic) bond motifs is 1. The minimum absolute atomic E-state index is 0.123. The Kier molecular flexibility index (Phi) is 6.17. The van der Waals surface area contributed by atoms with Crippen molar-refractivity contribution in [3.63, 3.8) is 0 Å². The van der Waals surface area contributed by atoms with E-state index in [0.717, 1.165) is 23.8 Å². The second-order valence-corrected chi connectivity index (χ2v) is 7.18. The van der Waals surface area contributed by atoms with Gasteiger partial charge in [0.25, 0.3) is 0 Å². The van der Waals surface area contributed by atoms with Crippen LogP contribution in [0.3, 0.4) is 0 Å². The quantitative estimate of drug-likeness (QED) is 0.555. The Morgan fingerprint density at radius 2 is 1.96 bits per heavy atom. The lowest BCUT2D eigenvalue weighted by Gasteiger charge is -2.23. The Bertz CT molecular complexity index is 956. The molecule has 0 aliphatic heterocycles. The molecule has 2 aromatic rings. The highest BCUT2D eigenvalue weighted by Gasteiger charge is 2.25. The molecule has 0 radical (unpaired) electrons. The largest absolute Gasteiger partial charge is 0.482 e. The van der Waals surface area contributed by atoms with Crippen LogP contribution in [0.4, 0.5) is 0 Å². The number of aryl methyl sites for hydroxylation is 2. The van der Waals surface area contributed by atoms with Gasteiger partial charge in [-0.05, 0) is 64.2 Å². The number of Topliss-reactive ketones (excluding diaryl/α,β-unsaturated/α-hetero) is 1. The fourth-order valence-electron chi connectivity index (χ4n) is 3.68. The molecule has 0 saturated heterocycles. The van der Waals surface area contributed by atoms with Gasteiger partial charge in [0.05, 0.1) is 6.61 Å². The van der Waals surface area contributed by atoms with Gasteiger partial charge >= 0.3 is 11.6 Å². The average Bonchev–Trinajstić information content (AvgIpc) is 2.66.